The van der Waals surface area contributed by atoms with Crippen LogP contribution in [-0.4, -0.2) is 42.2 Å². The van der Waals surface area contributed by atoms with E-state index < -0.39 is 5.97 Å². The molecule has 1 aromatic heterocycles. The van der Waals surface area contributed by atoms with Crippen molar-refractivity contribution >= 4 is 11.8 Å². The Morgan fingerprint density at radius 2 is 2.50 bits per heavy atom. The fourth-order valence-corrected chi connectivity index (χ4v) is 2.03. The number of ether oxygens (including phenoxy) is 1. The SMILES string of the molecule is COC(=O)c1cncc(NCCC2CCCN2)n1. The highest BCUT2D eigenvalue weighted by atomic mass is 16.5. The van der Waals surface area contributed by atoms with Gasteiger partial charge in [0.1, 0.15) is 5.82 Å². The summed E-state index contributed by atoms with van der Waals surface area (Å²) >= 11 is 0. The zero-order valence-corrected chi connectivity index (χ0v) is 10.5. The molecule has 6 nitrogen and oxygen atoms in total. The Bertz CT molecular complexity index is 405. The lowest BCUT2D eigenvalue weighted by Gasteiger charge is -2.11. The van der Waals surface area contributed by atoms with E-state index in [0.29, 0.717) is 11.9 Å². The first kappa shape index (κ1) is 12.8. The molecule has 6 heteroatoms. The molecular formula is C12H18N4O2. The number of nitrogens with one attached hydrogen (secondary N) is 2. The van der Waals surface area contributed by atoms with Crippen LogP contribution in [0.1, 0.15) is 29.8 Å². The highest BCUT2D eigenvalue weighted by Crippen LogP contribution is 2.09. The molecule has 1 aromatic rings. The molecule has 0 radical (unpaired) electrons. The van der Waals surface area contributed by atoms with E-state index in [1.165, 1.54) is 26.1 Å². The maximum Gasteiger partial charge on any atom is 0.358 e. The van der Waals surface area contributed by atoms with Gasteiger partial charge in [0, 0.05) is 12.6 Å². The largest absolute Gasteiger partial charge is 0.464 e. The van der Waals surface area contributed by atoms with Crippen LogP contribution < -0.4 is 10.6 Å². The van der Waals surface area contributed by atoms with E-state index in [1.54, 1.807) is 6.20 Å². The van der Waals surface area contributed by atoms with Crippen LogP contribution in [0, 0.1) is 0 Å². The minimum Gasteiger partial charge on any atom is -0.464 e. The zero-order valence-electron chi connectivity index (χ0n) is 10.5. The molecule has 1 unspecified atom stereocenters. The predicted octanol–water partition coefficient (Wildman–Crippen LogP) is 0.817. The Morgan fingerprint density at radius 3 is 3.22 bits per heavy atom. The van der Waals surface area contributed by atoms with Gasteiger partial charge in [0.05, 0.1) is 19.5 Å². The van der Waals surface area contributed by atoms with Crippen LogP contribution >= 0.6 is 0 Å². The van der Waals surface area contributed by atoms with Crippen molar-refractivity contribution in [2.75, 3.05) is 25.5 Å². The van der Waals surface area contributed by atoms with Crippen LogP contribution in [-0.2, 0) is 4.74 Å². The highest BCUT2D eigenvalue weighted by molar-refractivity contribution is 5.87. The fourth-order valence-electron chi connectivity index (χ4n) is 2.03. The predicted molar refractivity (Wildman–Crippen MR) is 67.5 cm³/mol. The number of nitrogens with zero attached hydrogens (tertiary/aromatic N) is 2. The number of hydrogen-bond donors (Lipinski definition) is 2. The third-order valence-electron chi connectivity index (χ3n) is 2.99. The minimum absolute atomic E-state index is 0.224. The van der Waals surface area contributed by atoms with E-state index in [-0.39, 0.29) is 5.69 Å². The quantitative estimate of drug-likeness (QED) is 0.753. The molecule has 2 N–H and O–H groups in total. The summed E-state index contributed by atoms with van der Waals surface area (Å²) in [7, 11) is 1.33. The van der Waals surface area contributed by atoms with Gasteiger partial charge in [-0.25, -0.2) is 9.78 Å². The molecule has 1 aliphatic heterocycles. The maximum absolute atomic E-state index is 11.3. The van der Waals surface area contributed by atoms with Crippen LogP contribution in [0.3, 0.4) is 0 Å². The summed E-state index contributed by atoms with van der Waals surface area (Å²) < 4.78 is 4.60. The van der Waals surface area contributed by atoms with E-state index in [4.69, 9.17) is 0 Å². The number of rotatable bonds is 5. The van der Waals surface area contributed by atoms with Gasteiger partial charge in [-0.05, 0) is 25.8 Å². The summed E-state index contributed by atoms with van der Waals surface area (Å²) in [6.45, 7) is 1.93. The molecule has 2 rings (SSSR count). The molecule has 0 amide bonds. The number of methoxy groups -OCH3 is 1. The molecule has 18 heavy (non-hydrogen) atoms. The van der Waals surface area contributed by atoms with Gasteiger partial charge in [0.2, 0.25) is 0 Å². The third kappa shape index (κ3) is 3.40. The summed E-state index contributed by atoms with van der Waals surface area (Å²) in [5.41, 5.74) is 0.224. The molecule has 0 aliphatic carbocycles. The Balaban J connectivity index is 1.83. The number of carbonyl (C=O) groups excluding carboxylic acids is 1. The first-order chi connectivity index (χ1) is 8.79. The van der Waals surface area contributed by atoms with Crippen LogP contribution in [0.4, 0.5) is 5.82 Å². The number of hydrogen-bond acceptors (Lipinski definition) is 6. The first-order valence-electron chi connectivity index (χ1n) is 6.17. The van der Waals surface area contributed by atoms with Crippen molar-refractivity contribution in [1.29, 1.82) is 0 Å². The van der Waals surface area contributed by atoms with Crippen molar-refractivity contribution in [2.45, 2.75) is 25.3 Å². The fraction of sp³-hybridized carbons (Fsp3) is 0.583. The van der Waals surface area contributed by atoms with Gasteiger partial charge in [0.25, 0.3) is 0 Å². The van der Waals surface area contributed by atoms with Gasteiger partial charge >= 0.3 is 5.97 Å². The van der Waals surface area contributed by atoms with Gasteiger partial charge in [-0.2, -0.15) is 0 Å². The Hall–Kier alpha value is -1.69. The van der Waals surface area contributed by atoms with E-state index in [0.717, 1.165) is 19.5 Å². The molecule has 1 atom stereocenters. The number of carbonyl (C=O) groups is 1. The van der Waals surface area contributed by atoms with Gasteiger partial charge in [-0.1, -0.05) is 0 Å². The second kappa shape index (κ2) is 6.30. The van der Waals surface area contributed by atoms with Crippen molar-refractivity contribution in [3.05, 3.63) is 18.1 Å². The second-order valence-corrected chi connectivity index (χ2v) is 4.29. The highest BCUT2D eigenvalue weighted by Gasteiger charge is 2.13. The number of aromatic nitrogens is 2. The van der Waals surface area contributed by atoms with E-state index in [1.807, 2.05) is 0 Å². The van der Waals surface area contributed by atoms with Crippen molar-refractivity contribution in [1.82, 2.24) is 15.3 Å². The summed E-state index contributed by atoms with van der Waals surface area (Å²) in [5, 5.41) is 6.60. The summed E-state index contributed by atoms with van der Waals surface area (Å²) in [5.74, 6) is 0.138. The monoisotopic (exact) mass is 250 g/mol. The lowest BCUT2D eigenvalue weighted by atomic mass is 10.1. The van der Waals surface area contributed by atoms with Crippen LogP contribution in [0.15, 0.2) is 12.4 Å². The van der Waals surface area contributed by atoms with Crippen LogP contribution in [0.5, 0.6) is 0 Å². The molecule has 1 aliphatic rings. The second-order valence-electron chi connectivity index (χ2n) is 4.29. The van der Waals surface area contributed by atoms with Gasteiger partial charge in [-0.3, -0.25) is 4.98 Å². The van der Waals surface area contributed by atoms with Gasteiger partial charge < -0.3 is 15.4 Å². The molecule has 0 bridgehead atoms. The van der Waals surface area contributed by atoms with Crippen LogP contribution in [0.25, 0.3) is 0 Å². The molecular weight excluding hydrogens is 232 g/mol. The van der Waals surface area contributed by atoms with Crippen molar-refractivity contribution in [3.8, 4) is 0 Å². The van der Waals surface area contributed by atoms with E-state index in [9.17, 15) is 4.79 Å². The van der Waals surface area contributed by atoms with E-state index in [2.05, 4.69) is 25.3 Å². The average molecular weight is 250 g/mol. The summed E-state index contributed by atoms with van der Waals surface area (Å²) in [4.78, 5) is 19.4. The standard InChI is InChI=1S/C12H18N4O2/c1-18-12(17)10-7-13-8-11(16-10)15-6-4-9-3-2-5-14-9/h7-9,14H,2-6H2,1H3,(H,15,16). The normalized spacial score (nSPS) is 18.6. The van der Waals surface area contributed by atoms with Crippen molar-refractivity contribution in [2.24, 2.45) is 0 Å². The maximum atomic E-state index is 11.3. The Kier molecular flexibility index (Phi) is 4.46. The van der Waals surface area contributed by atoms with E-state index >= 15 is 0 Å². The first-order valence-corrected chi connectivity index (χ1v) is 6.17. The van der Waals surface area contributed by atoms with Gasteiger partial charge in [-0.15, -0.1) is 0 Å². The smallest absolute Gasteiger partial charge is 0.358 e. The Labute approximate surface area is 106 Å². The van der Waals surface area contributed by atoms with Gasteiger partial charge in [0.15, 0.2) is 5.69 Å². The molecule has 1 saturated heterocycles. The summed E-state index contributed by atoms with van der Waals surface area (Å²) in [6.07, 6.45) is 6.53. The third-order valence-corrected chi connectivity index (χ3v) is 2.99. The number of anilines is 1. The lowest BCUT2D eigenvalue weighted by molar-refractivity contribution is 0.0593. The molecule has 0 saturated carbocycles. The molecule has 0 spiro atoms. The molecule has 2 heterocycles. The number of esters is 1. The van der Waals surface area contributed by atoms with Crippen molar-refractivity contribution < 1.29 is 9.53 Å². The average Bonchev–Trinajstić information content (AvgIpc) is 2.91. The zero-order chi connectivity index (χ0) is 12.8. The van der Waals surface area contributed by atoms with Crippen LogP contribution in [0.2, 0.25) is 0 Å². The molecule has 98 valence electrons. The topological polar surface area (TPSA) is 76.1 Å². The van der Waals surface area contributed by atoms with Crippen molar-refractivity contribution in [3.63, 3.8) is 0 Å². The molecule has 1 fully saturated rings. The molecule has 0 aromatic carbocycles. The summed E-state index contributed by atoms with van der Waals surface area (Å²) in [6, 6.07) is 0.592. The minimum atomic E-state index is -0.469. The Morgan fingerprint density at radius 1 is 1.61 bits per heavy atom. The lowest BCUT2D eigenvalue weighted by Crippen LogP contribution is -2.24.